The Bertz CT molecular complexity index is 429. The zero-order chi connectivity index (χ0) is 13.5. The molecule has 0 saturated carbocycles. The molecule has 0 heterocycles. The van der Waals surface area contributed by atoms with Crippen molar-refractivity contribution in [2.75, 3.05) is 26.4 Å². The van der Waals surface area contributed by atoms with Gasteiger partial charge in [-0.2, -0.15) is 0 Å². The summed E-state index contributed by atoms with van der Waals surface area (Å²) in [6.45, 7) is 0.223. The van der Waals surface area contributed by atoms with Crippen molar-refractivity contribution >= 4 is 17.7 Å². The Balaban J connectivity index is 2.63. The molecule has 98 valence electrons. The van der Waals surface area contributed by atoms with E-state index in [4.69, 9.17) is 5.73 Å². The molecule has 0 atom stereocenters. The molecule has 0 saturated heterocycles. The van der Waals surface area contributed by atoms with Crippen molar-refractivity contribution in [3.8, 4) is 0 Å². The average Bonchev–Trinajstić information content (AvgIpc) is 2.39. The lowest BCUT2D eigenvalue weighted by Gasteiger charge is -2.10. The first-order valence-corrected chi connectivity index (χ1v) is 6.49. The monoisotopic (exact) mass is 268 g/mol. The van der Waals surface area contributed by atoms with E-state index >= 15 is 0 Å². The zero-order valence-corrected chi connectivity index (χ0v) is 11.3. The Morgan fingerprint density at radius 3 is 2.44 bits per heavy atom. The zero-order valence-electron chi connectivity index (χ0n) is 10.5. The maximum atomic E-state index is 12.3. The van der Waals surface area contributed by atoms with E-state index in [1.54, 1.807) is 26.2 Å². The average molecular weight is 268 g/mol. The van der Waals surface area contributed by atoms with Gasteiger partial charge in [-0.25, -0.2) is 4.39 Å². The summed E-state index contributed by atoms with van der Waals surface area (Å²) in [5.41, 5.74) is 6.58. The quantitative estimate of drug-likeness (QED) is 0.833. The molecule has 3 nitrogen and oxygen atoms in total. The van der Waals surface area contributed by atoms with Gasteiger partial charge in [-0.1, -0.05) is 0 Å². The highest BCUT2D eigenvalue weighted by molar-refractivity contribution is 7.99. The van der Waals surface area contributed by atoms with Crippen molar-refractivity contribution < 1.29 is 9.18 Å². The maximum Gasteiger partial charge on any atom is 0.253 e. The van der Waals surface area contributed by atoms with Crippen molar-refractivity contribution in [2.24, 2.45) is 5.73 Å². The van der Waals surface area contributed by atoms with Crippen LogP contribution in [0.15, 0.2) is 41.1 Å². The fourth-order valence-corrected chi connectivity index (χ4v) is 2.12. The summed E-state index contributed by atoms with van der Waals surface area (Å²) in [4.78, 5) is 14.2. The lowest BCUT2D eigenvalue weighted by molar-refractivity contribution is 0.0827. The largest absolute Gasteiger partial charge is 0.345 e. The second kappa shape index (κ2) is 7.18. The van der Waals surface area contributed by atoms with E-state index in [1.807, 2.05) is 12.1 Å². The highest BCUT2D eigenvalue weighted by atomic mass is 32.2. The van der Waals surface area contributed by atoms with Gasteiger partial charge in [0.25, 0.3) is 5.91 Å². The van der Waals surface area contributed by atoms with Crippen LogP contribution in [0.5, 0.6) is 0 Å². The van der Waals surface area contributed by atoms with Gasteiger partial charge in [0.15, 0.2) is 0 Å². The standard InChI is InChI=1S/C13H17FN2OS/c1-16(2)13(17)11-3-5-12(6-4-11)18-9-10(7-14)8-15/h3-7H,8-9,15H2,1-2H3/b10-7-. The minimum Gasteiger partial charge on any atom is -0.345 e. The van der Waals surface area contributed by atoms with Gasteiger partial charge < -0.3 is 10.6 Å². The number of carbonyl (C=O) groups is 1. The SMILES string of the molecule is CN(C)C(=O)c1ccc(SC/C(=C\F)CN)cc1. The number of nitrogens with two attached hydrogens (primary N) is 1. The molecule has 18 heavy (non-hydrogen) atoms. The Morgan fingerprint density at radius 1 is 1.39 bits per heavy atom. The molecule has 0 aromatic heterocycles. The molecule has 0 unspecified atom stereocenters. The van der Waals surface area contributed by atoms with Crippen LogP contribution in [0.3, 0.4) is 0 Å². The predicted molar refractivity (Wildman–Crippen MR) is 73.4 cm³/mol. The number of halogens is 1. The highest BCUT2D eigenvalue weighted by Crippen LogP contribution is 2.21. The van der Waals surface area contributed by atoms with Crippen LogP contribution in [0.1, 0.15) is 10.4 Å². The van der Waals surface area contributed by atoms with E-state index in [2.05, 4.69) is 0 Å². The van der Waals surface area contributed by atoms with Crippen molar-refractivity contribution in [1.82, 2.24) is 4.90 Å². The molecule has 1 amide bonds. The van der Waals surface area contributed by atoms with E-state index in [0.29, 0.717) is 23.2 Å². The van der Waals surface area contributed by atoms with Gasteiger partial charge in [-0.15, -0.1) is 11.8 Å². The second-order valence-electron chi connectivity index (χ2n) is 3.98. The van der Waals surface area contributed by atoms with Gasteiger partial charge in [0.2, 0.25) is 0 Å². The summed E-state index contributed by atoms with van der Waals surface area (Å²) in [7, 11) is 3.43. The molecule has 0 bridgehead atoms. The summed E-state index contributed by atoms with van der Waals surface area (Å²) in [6, 6.07) is 7.25. The third-order valence-corrected chi connectivity index (χ3v) is 3.47. The molecular formula is C13H17FN2OS. The number of benzene rings is 1. The van der Waals surface area contributed by atoms with Crippen molar-refractivity contribution in [1.29, 1.82) is 0 Å². The minimum absolute atomic E-state index is 0.0298. The summed E-state index contributed by atoms with van der Waals surface area (Å²) >= 11 is 1.49. The van der Waals surface area contributed by atoms with E-state index in [-0.39, 0.29) is 12.5 Å². The van der Waals surface area contributed by atoms with Crippen LogP contribution < -0.4 is 5.73 Å². The number of hydrogen-bond donors (Lipinski definition) is 1. The third-order valence-electron chi connectivity index (χ3n) is 2.35. The van der Waals surface area contributed by atoms with Gasteiger partial charge in [-0.3, -0.25) is 4.79 Å². The third kappa shape index (κ3) is 4.16. The van der Waals surface area contributed by atoms with Crippen LogP contribution in [0.2, 0.25) is 0 Å². The van der Waals surface area contributed by atoms with E-state index in [9.17, 15) is 9.18 Å². The first-order valence-electron chi connectivity index (χ1n) is 5.51. The first-order chi connectivity index (χ1) is 8.58. The molecule has 5 heteroatoms. The lowest BCUT2D eigenvalue weighted by atomic mass is 10.2. The first kappa shape index (κ1) is 14.7. The summed E-state index contributed by atoms with van der Waals surface area (Å²) < 4.78 is 12.3. The van der Waals surface area contributed by atoms with Gasteiger partial charge >= 0.3 is 0 Å². The van der Waals surface area contributed by atoms with Crippen molar-refractivity contribution in [2.45, 2.75) is 4.90 Å². The maximum absolute atomic E-state index is 12.3. The Morgan fingerprint density at radius 2 is 2.00 bits per heavy atom. The van der Waals surface area contributed by atoms with Gasteiger partial charge in [0.05, 0.1) is 6.33 Å². The van der Waals surface area contributed by atoms with Crippen LogP contribution in [-0.2, 0) is 0 Å². The van der Waals surface area contributed by atoms with Gasteiger partial charge in [0, 0.05) is 36.9 Å². The number of rotatable bonds is 5. The van der Waals surface area contributed by atoms with Crippen LogP contribution in [-0.4, -0.2) is 37.2 Å². The van der Waals surface area contributed by atoms with Gasteiger partial charge in [0.1, 0.15) is 0 Å². The molecular weight excluding hydrogens is 251 g/mol. The number of nitrogens with zero attached hydrogens (tertiary/aromatic N) is 1. The van der Waals surface area contributed by atoms with Crippen molar-refractivity contribution in [3.63, 3.8) is 0 Å². The summed E-state index contributed by atoms with van der Waals surface area (Å²) in [6.07, 6.45) is 0.553. The predicted octanol–water partition coefficient (Wildman–Crippen LogP) is 2.29. The van der Waals surface area contributed by atoms with Gasteiger partial charge in [-0.05, 0) is 29.8 Å². The number of thioether (sulfide) groups is 1. The summed E-state index contributed by atoms with van der Waals surface area (Å²) in [5.74, 6) is 0.492. The molecule has 0 aliphatic heterocycles. The number of amides is 1. The molecule has 0 spiro atoms. The molecule has 0 fully saturated rings. The molecule has 1 aromatic carbocycles. The van der Waals surface area contributed by atoms with Crippen LogP contribution >= 0.6 is 11.8 Å². The summed E-state index contributed by atoms with van der Waals surface area (Å²) in [5, 5.41) is 0. The van der Waals surface area contributed by atoms with Crippen molar-refractivity contribution in [3.05, 3.63) is 41.7 Å². The fourth-order valence-electron chi connectivity index (χ4n) is 1.26. The molecule has 1 rings (SSSR count). The second-order valence-corrected chi connectivity index (χ2v) is 5.03. The highest BCUT2D eigenvalue weighted by Gasteiger charge is 2.07. The number of hydrogen-bond acceptors (Lipinski definition) is 3. The minimum atomic E-state index is -0.0298. The number of carbonyl (C=O) groups excluding carboxylic acids is 1. The molecule has 0 aliphatic rings. The fraction of sp³-hybridized carbons (Fsp3) is 0.308. The topological polar surface area (TPSA) is 46.3 Å². The molecule has 2 N–H and O–H groups in total. The van der Waals surface area contributed by atoms with Crippen LogP contribution in [0, 0.1) is 0 Å². The lowest BCUT2D eigenvalue weighted by Crippen LogP contribution is -2.21. The van der Waals surface area contributed by atoms with E-state index < -0.39 is 0 Å². The Labute approximate surface area is 111 Å². The smallest absolute Gasteiger partial charge is 0.253 e. The van der Waals surface area contributed by atoms with E-state index in [1.165, 1.54) is 16.7 Å². The molecule has 1 aromatic rings. The normalized spacial score (nSPS) is 11.4. The van der Waals surface area contributed by atoms with Crippen LogP contribution in [0.25, 0.3) is 0 Å². The van der Waals surface area contributed by atoms with Crippen LogP contribution in [0.4, 0.5) is 4.39 Å². The molecule has 0 aliphatic carbocycles. The van der Waals surface area contributed by atoms with E-state index in [0.717, 1.165) is 4.90 Å². The molecule has 0 radical (unpaired) electrons. The Hall–Kier alpha value is -1.33. The Kier molecular flexibility index (Phi) is 5.88.